The second-order valence-corrected chi connectivity index (χ2v) is 8.37. The van der Waals surface area contributed by atoms with Gasteiger partial charge >= 0.3 is 12.1 Å². The summed E-state index contributed by atoms with van der Waals surface area (Å²) in [6, 6.07) is 11.8. The molecular weight excluding hydrogens is 435 g/mol. The van der Waals surface area contributed by atoms with Crippen LogP contribution in [-0.2, 0) is 27.2 Å². The van der Waals surface area contributed by atoms with Gasteiger partial charge in [0.25, 0.3) is 5.60 Å². The quantitative estimate of drug-likeness (QED) is 0.411. The van der Waals surface area contributed by atoms with Crippen molar-refractivity contribution in [3.63, 3.8) is 0 Å². The van der Waals surface area contributed by atoms with Gasteiger partial charge in [0.05, 0.1) is 17.9 Å². The van der Waals surface area contributed by atoms with E-state index in [0.29, 0.717) is 12.1 Å². The zero-order valence-electron chi connectivity index (χ0n) is 18.7. The number of aliphatic carboxylic acids is 1. The number of carboxylic acid groups (broad SMARTS) is 1. The number of oxime groups is 1. The van der Waals surface area contributed by atoms with E-state index < -0.39 is 29.4 Å². The molecule has 0 saturated heterocycles. The topological polar surface area (TPSA) is 68.1 Å². The lowest BCUT2D eigenvalue weighted by Crippen LogP contribution is -2.46. The van der Waals surface area contributed by atoms with Gasteiger partial charge in [-0.3, -0.25) is 0 Å². The smallest absolute Gasteiger partial charge is 0.416 e. The maximum Gasteiger partial charge on any atom is 0.416 e. The van der Waals surface area contributed by atoms with Crippen LogP contribution in [0.2, 0.25) is 0 Å². The van der Waals surface area contributed by atoms with E-state index >= 15 is 0 Å². The molecule has 2 aromatic carbocycles. The highest BCUT2D eigenvalue weighted by Crippen LogP contribution is 2.42. The Labute approximate surface area is 191 Å². The van der Waals surface area contributed by atoms with Crippen LogP contribution in [0, 0.1) is 6.92 Å². The molecule has 2 unspecified atom stereocenters. The van der Waals surface area contributed by atoms with E-state index in [-0.39, 0.29) is 18.6 Å². The van der Waals surface area contributed by atoms with Gasteiger partial charge in [0.2, 0.25) is 0 Å². The molecule has 0 amide bonds. The van der Waals surface area contributed by atoms with E-state index in [9.17, 15) is 23.1 Å². The molecule has 8 heteroatoms. The number of nitrogens with zero attached hydrogens (tertiary/aromatic N) is 1. The van der Waals surface area contributed by atoms with E-state index in [1.807, 2.05) is 31.2 Å². The predicted molar refractivity (Wildman–Crippen MR) is 118 cm³/mol. The first-order valence-corrected chi connectivity index (χ1v) is 11.0. The van der Waals surface area contributed by atoms with E-state index in [0.717, 1.165) is 42.5 Å². The molecule has 0 bridgehead atoms. The molecule has 178 valence electrons. The summed E-state index contributed by atoms with van der Waals surface area (Å²) in [6.45, 7) is 4.07. The van der Waals surface area contributed by atoms with E-state index in [1.165, 1.54) is 12.1 Å². The molecule has 0 saturated carbocycles. The fourth-order valence-electron chi connectivity index (χ4n) is 3.80. The van der Waals surface area contributed by atoms with Crippen LogP contribution >= 0.6 is 0 Å². The summed E-state index contributed by atoms with van der Waals surface area (Å²) in [6.07, 6.45) is -2.22. The Morgan fingerprint density at radius 1 is 1.15 bits per heavy atom. The number of halogens is 3. The normalized spacial score (nSPS) is 19.1. The Balaban J connectivity index is 1.90. The molecule has 1 aliphatic heterocycles. The number of hydrogen-bond donors (Lipinski definition) is 1. The molecule has 33 heavy (non-hydrogen) atoms. The maximum atomic E-state index is 13.1. The third kappa shape index (κ3) is 5.93. The molecule has 3 rings (SSSR count). The van der Waals surface area contributed by atoms with Crippen molar-refractivity contribution in [1.82, 2.24) is 0 Å². The molecule has 5 nitrogen and oxygen atoms in total. The van der Waals surface area contributed by atoms with Crippen molar-refractivity contribution in [2.75, 3.05) is 0 Å². The van der Waals surface area contributed by atoms with Gasteiger partial charge in [-0.1, -0.05) is 66.9 Å². The molecule has 1 aliphatic rings. The van der Waals surface area contributed by atoms with Crippen molar-refractivity contribution >= 4 is 11.7 Å². The van der Waals surface area contributed by atoms with Gasteiger partial charge in [-0.25, -0.2) is 4.79 Å². The van der Waals surface area contributed by atoms with Crippen molar-refractivity contribution in [2.24, 2.45) is 5.16 Å². The number of aryl methyl sites for hydroxylation is 1. The Kier molecular flexibility index (Phi) is 7.79. The van der Waals surface area contributed by atoms with Crippen molar-refractivity contribution < 1.29 is 32.6 Å². The first-order valence-electron chi connectivity index (χ1n) is 11.0. The minimum atomic E-state index is -4.50. The molecule has 2 aromatic rings. The number of benzene rings is 2. The van der Waals surface area contributed by atoms with Crippen LogP contribution in [0.5, 0.6) is 0 Å². The summed E-state index contributed by atoms with van der Waals surface area (Å²) >= 11 is 0. The predicted octanol–water partition coefficient (Wildman–Crippen LogP) is 6.45. The number of unbranched alkanes of at least 4 members (excludes halogenated alkanes) is 2. The Morgan fingerprint density at radius 2 is 1.82 bits per heavy atom. The fourth-order valence-corrected chi connectivity index (χ4v) is 3.80. The van der Waals surface area contributed by atoms with Gasteiger partial charge in [-0.15, -0.1) is 0 Å². The highest BCUT2D eigenvalue weighted by Gasteiger charge is 2.55. The summed E-state index contributed by atoms with van der Waals surface area (Å²) in [5, 5.41) is 14.2. The summed E-state index contributed by atoms with van der Waals surface area (Å²) in [7, 11) is 0. The van der Waals surface area contributed by atoms with Crippen LogP contribution in [0.25, 0.3) is 0 Å². The highest BCUT2D eigenvalue weighted by molar-refractivity contribution is 5.93. The third-order valence-electron chi connectivity index (χ3n) is 5.74. The van der Waals surface area contributed by atoms with Gasteiger partial charge in [0.1, 0.15) is 6.10 Å². The lowest BCUT2D eigenvalue weighted by Gasteiger charge is -2.31. The zero-order valence-corrected chi connectivity index (χ0v) is 18.7. The average molecular weight is 463 g/mol. The largest absolute Gasteiger partial charge is 0.478 e. The van der Waals surface area contributed by atoms with Gasteiger partial charge in [0.15, 0.2) is 0 Å². The molecule has 1 N–H and O–H groups in total. The lowest BCUT2D eigenvalue weighted by molar-refractivity contribution is -0.187. The average Bonchev–Trinajstić information content (AvgIpc) is 3.20. The minimum Gasteiger partial charge on any atom is -0.478 e. The standard InChI is InChI=1S/C25H28F3NO4/c1-3-4-5-6-21-15-24(23(30)31,33-29-21)22(32-16-18-9-7-17(2)8-10-18)19-11-13-20(14-12-19)25(26,27)28/h7-14,22H,3-6,15-16H2,1-2H3,(H,30,31). The summed E-state index contributed by atoms with van der Waals surface area (Å²) in [5.41, 5.74) is 0.0804. The molecule has 1 heterocycles. The monoisotopic (exact) mass is 463 g/mol. The maximum absolute atomic E-state index is 13.1. The molecular formula is C25H28F3NO4. The molecule has 0 fully saturated rings. The van der Waals surface area contributed by atoms with Gasteiger partial charge in [-0.05, 0) is 43.0 Å². The van der Waals surface area contributed by atoms with Crippen LogP contribution in [0.4, 0.5) is 13.2 Å². The Hall–Kier alpha value is -2.87. The number of carbonyl (C=O) groups is 1. The summed E-state index contributed by atoms with van der Waals surface area (Å²) in [4.78, 5) is 17.9. The minimum absolute atomic E-state index is 0.00559. The Morgan fingerprint density at radius 3 is 2.39 bits per heavy atom. The number of carboxylic acids is 1. The van der Waals surface area contributed by atoms with Crippen molar-refractivity contribution in [3.05, 3.63) is 70.8 Å². The SMILES string of the molecule is CCCCCC1=NOC(C(=O)O)(C(OCc2ccc(C)cc2)c2ccc(C(F)(F)F)cc2)C1. The van der Waals surface area contributed by atoms with Crippen LogP contribution in [-0.4, -0.2) is 22.4 Å². The molecule has 0 spiro atoms. The number of rotatable bonds is 10. The first-order chi connectivity index (χ1) is 15.7. The highest BCUT2D eigenvalue weighted by atomic mass is 19.4. The van der Waals surface area contributed by atoms with E-state index in [1.54, 1.807) is 0 Å². The Bertz CT molecular complexity index is 971. The number of alkyl halides is 3. The van der Waals surface area contributed by atoms with Gasteiger partial charge in [0, 0.05) is 6.42 Å². The number of hydrogen-bond acceptors (Lipinski definition) is 4. The lowest BCUT2D eigenvalue weighted by atomic mass is 9.85. The van der Waals surface area contributed by atoms with Crippen LogP contribution in [0.3, 0.4) is 0 Å². The van der Waals surface area contributed by atoms with Crippen LogP contribution in [0.1, 0.15) is 67.4 Å². The second kappa shape index (κ2) is 10.4. The molecule has 0 aliphatic carbocycles. The van der Waals surface area contributed by atoms with E-state index in [4.69, 9.17) is 9.57 Å². The van der Waals surface area contributed by atoms with Crippen molar-refractivity contribution in [3.8, 4) is 0 Å². The van der Waals surface area contributed by atoms with Crippen LogP contribution < -0.4 is 0 Å². The fraction of sp³-hybridized carbons (Fsp3) is 0.440. The number of ether oxygens (including phenoxy) is 1. The van der Waals surface area contributed by atoms with E-state index in [2.05, 4.69) is 12.1 Å². The zero-order chi connectivity index (χ0) is 24.1. The summed E-state index contributed by atoms with van der Waals surface area (Å²) in [5.74, 6) is -1.27. The molecule has 2 atom stereocenters. The van der Waals surface area contributed by atoms with Crippen molar-refractivity contribution in [1.29, 1.82) is 0 Å². The van der Waals surface area contributed by atoms with Crippen molar-refractivity contribution in [2.45, 2.75) is 70.4 Å². The first kappa shape index (κ1) is 24.8. The third-order valence-corrected chi connectivity index (χ3v) is 5.74. The van der Waals surface area contributed by atoms with Crippen LogP contribution in [0.15, 0.2) is 53.7 Å². The van der Waals surface area contributed by atoms with Gasteiger partial charge in [-0.2, -0.15) is 13.2 Å². The molecule has 0 aromatic heterocycles. The molecule has 0 radical (unpaired) electrons. The van der Waals surface area contributed by atoms with Gasteiger partial charge < -0.3 is 14.7 Å². The second-order valence-electron chi connectivity index (χ2n) is 8.37. The summed E-state index contributed by atoms with van der Waals surface area (Å²) < 4.78 is 45.2.